The minimum Gasteiger partial charge on any atom is -0.399 e. The number of nitrogens with one attached hydrogen (secondary N) is 2. The van der Waals surface area contributed by atoms with Gasteiger partial charge < -0.3 is 11.1 Å². The average Bonchev–Trinajstić information content (AvgIpc) is 2.99. The Hall–Kier alpha value is -2.23. The van der Waals surface area contributed by atoms with E-state index in [-0.39, 0.29) is 12.0 Å². The minimum atomic E-state index is -3.22. The number of thiophene rings is 1. The van der Waals surface area contributed by atoms with Gasteiger partial charge in [0.1, 0.15) is 12.1 Å². The Balaban J connectivity index is 1.94. The average molecular weight is 406 g/mol. The van der Waals surface area contributed by atoms with E-state index in [0.29, 0.717) is 11.5 Å². The summed E-state index contributed by atoms with van der Waals surface area (Å²) in [7, 11) is -3.22. The molecule has 0 amide bonds. The molecule has 0 aliphatic heterocycles. The van der Waals surface area contributed by atoms with Crippen molar-refractivity contribution >= 4 is 48.8 Å². The van der Waals surface area contributed by atoms with Crippen LogP contribution in [0.5, 0.6) is 0 Å². The zero-order chi connectivity index (χ0) is 19.8. The normalized spacial score (nSPS) is 12.4. The largest absolute Gasteiger partial charge is 0.399 e. The van der Waals surface area contributed by atoms with Crippen LogP contribution >= 0.6 is 11.3 Å². The van der Waals surface area contributed by atoms with Gasteiger partial charge in [0.15, 0.2) is 0 Å². The van der Waals surface area contributed by atoms with E-state index >= 15 is 0 Å². The van der Waals surface area contributed by atoms with Crippen LogP contribution in [-0.2, 0) is 22.0 Å². The molecular formula is C18H23N5O2S2. The molecule has 0 aliphatic carbocycles. The molecule has 4 N–H and O–H groups in total. The Morgan fingerprint density at radius 1 is 1.19 bits per heavy atom. The van der Waals surface area contributed by atoms with Crippen LogP contribution in [0.1, 0.15) is 31.9 Å². The van der Waals surface area contributed by atoms with E-state index in [4.69, 9.17) is 5.73 Å². The van der Waals surface area contributed by atoms with Gasteiger partial charge in [-0.1, -0.05) is 20.8 Å². The van der Waals surface area contributed by atoms with Gasteiger partial charge in [-0.3, -0.25) is 0 Å². The molecule has 0 bridgehead atoms. The standard InChI is InChI=1S/C18H23N5O2S2/c1-18(2,3)14-7-12(19)6-13-16(14)20-10-21-17(13)23-15-5-11(9-26-15)8-22-27(4,24)25/h5-7,9-10,22H,8,19H2,1-4H3,(H,20,21,23). The fraction of sp³-hybridized carbons (Fsp3) is 0.333. The number of fused-ring (bicyclic) bond motifs is 1. The second kappa shape index (κ2) is 7.06. The maximum atomic E-state index is 11.2. The topological polar surface area (TPSA) is 110 Å². The van der Waals surface area contributed by atoms with Crippen LogP contribution in [0, 0.1) is 0 Å². The van der Waals surface area contributed by atoms with Crippen molar-refractivity contribution in [2.45, 2.75) is 32.7 Å². The molecule has 0 saturated carbocycles. The van der Waals surface area contributed by atoms with Gasteiger partial charge in [-0.25, -0.2) is 23.1 Å². The van der Waals surface area contributed by atoms with Crippen LogP contribution in [0.15, 0.2) is 29.9 Å². The number of nitrogens with two attached hydrogens (primary N) is 1. The Labute approximate surface area is 163 Å². The summed E-state index contributed by atoms with van der Waals surface area (Å²) >= 11 is 1.48. The van der Waals surface area contributed by atoms with Gasteiger partial charge in [0.2, 0.25) is 10.0 Å². The van der Waals surface area contributed by atoms with Gasteiger partial charge in [-0.15, -0.1) is 11.3 Å². The Morgan fingerprint density at radius 2 is 1.93 bits per heavy atom. The second-order valence-corrected chi connectivity index (χ2v) is 10.2. The van der Waals surface area contributed by atoms with E-state index in [1.807, 2.05) is 23.6 Å². The molecule has 3 aromatic rings. The van der Waals surface area contributed by atoms with Gasteiger partial charge in [0.05, 0.1) is 16.8 Å². The summed E-state index contributed by atoms with van der Waals surface area (Å²) in [5.74, 6) is 0.669. The van der Waals surface area contributed by atoms with Crippen molar-refractivity contribution in [3.8, 4) is 0 Å². The number of anilines is 3. The number of benzene rings is 1. The summed E-state index contributed by atoms with van der Waals surface area (Å²) in [6.07, 6.45) is 2.68. The van der Waals surface area contributed by atoms with Crippen LogP contribution in [0.2, 0.25) is 0 Å². The predicted octanol–water partition coefficient (Wildman–Crippen LogP) is 3.36. The molecule has 3 rings (SSSR count). The van der Waals surface area contributed by atoms with E-state index < -0.39 is 10.0 Å². The van der Waals surface area contributed by atoms with Crippen molar-refractivity contribution < 1.29 is 8.42 Å². The SMILES string of the molecule is CC(C)(C)c1cc(N)cc2c(Nc3cc(CNS(C)(=O)=O)cs3)ncnc12. The molecule has 2 aromatic heterocycles. The molecule has 27 heavy (non-hydrogen) atoms. The van der Waals surface area contributed by atoms with Gasteiger partial charge in [-0.2, -0.15) is 0 Å². The molecule has 0 fully saturated rings. The molecule has 0 aliphatic rings. The summed E-state index contributed by atoms with van der Waals surface area (Å²) in [5, 5.41) is 6.92. The zero-order valence-corrected chi connectivity index (χ0v) is 17.3. The van der Waals surface area contributed by atoms with Gasteiger partial charge >= 0.3 is 0 Å². The number of sulfonamides is 1. The maximum Gasteiger partial charge on any atom is 0.209 e. The molecule has 2 heterocycles. The lowest BCUT2D eigenvalue weighted by Crippen LogP contribution is -2.20. The van der Waals surface area contributed by atoms with E-state index in [1.165, 1.54) is 17.7 Å². The number of nitrogen functional groups attached to an aromatic ring is 1. The van der Waals surface area contributed by atoms with Gasteiger partial charge in [0.25, 0.3) is 0 Å². The molecule has 1 aromatic carbocycles. The molecule has 0 unspecified atom stereocenters. The first-order valence-corrected chi connectivity index (χ1v) is 11.1. The third-order valence-corrected chi connectivity index (χ3v) is 5.57. The summed E-state index contributed by atoms with van der Waals surface area (Å²) in [4.78, 5) is 8.85. The third-order valence-electron chi connectivity index (χ3n) is 4.00. The molecule has 144 valence electrons. The van der Waals surface area contributed by atoms with Gasteiger partial charge in [-0.05, 0) is 40.1 Å². The highest BCUT2D eigenvalue weighted by molar-refractivity contribution is 7.88. The van der Waals surface area contributed by atoms with Crippen LogP contribution in [0.25, 0.3) is 10.9 Å². The summed E-state index contributed by atoms with van der Waals surface area (Å²) in [5.41, 5.74) is 9.48. The maximum absolute atomic E-state index is 11.2. The lowest BCUT2D eigenvalue weighted by molar-refractivity contribution is 0.587. The zero-order valence-electron chi connectivity index (χ0n) is 15.7. The van der Waals surface area contributed by atoms with Crippen LogP contribution in [-0.4, -0.2) is 24.6 Å². The molecule has 0 spiro atoms. The van der Waals surface area contributed by atoms with Crippen molar-refractivity contribution in [3.05, 3.63) is 41.0 Å². The highest BCUT2D eigenvalue weighted by Gasteiger charge is 2.20. The van der Waals surface area contributed by atoms with E-state index in [2.05, 4.69) is 40.8 Å². The van der Waals surface area contributed by atoms with Crippen molar-refractivity contribution in [2.75, 3.05) is 17.3 Å². The highest BCUT2D eigenvalue weighted by atomic mass is 32.2. The summed E-state index contributed by atoms with van der Waals surface area (Å²) in [6, 6.07) is 5.72. The number of hydrogen-bond acceptors (Lipinski definition) is 7. The predicted molar refractivity (Wildman–Crippen MR) is 112 cm³/mol. The quantitative estimate of drug-likeness (QED) is 0.562. The van der Waals surface area contributed by atoms with Crippen molar-refractivity contribution in [2.24, 2.45) is 0 Å². The molecule has 9 heteroatoms. The van der Waals surface area contributed by atoms with E-state index in [0.717, 1.165) is 33.3 Å². The molecule has 7 nitrogen and oxygen atoms in total. The lowest BCUT2D eigenvalue weighted by Gasteiger charge is -2.21. The fourth-order valence-electron chi connectivity index (χ4n) is 2.73. The first kappa shape index (κ1) is 19.5. The first-order valence-electron chi connectivity index (χ1n) is 8.37. The molecule has 0 radical (unpaired) electrons. The number of hydrogen-bond donors (Lipinski definition) is 3. The fourth-order valence-corrected chi connectivity index (χ4v) is 3.96. The summed E-state index contributed by atoms with van der Waals surface area (Å²) < 4.78 is 25.0. The molecular weight excluding hydrogens is 382 g/mol. The number of aromatic nitrogens is 2. The van der Waals surface area contributed by atoms with E-state index in [9.17, 15) is 8.42 Å². The smallest absolute Gasteiger partial charge is 0.209 e. The van der Waals surface area contributed by atoms with Crippen molar-refractivity contribution in [1.29, 1.82) is 0 Å². The van der Waals surface area contributed by atoms with Crippen LogP contribution < -0.4 is 15.8 Å². The summed E-state index contributed by atoms with van der Waals surface area (Å²) in [6.45, 7) is 6.62. The lowest BCUT2D eigenvalue weighted by atomic mass is 9.85. The highest BCUT2D eigenvalue weighted by Crippen LogP contribution is 2.34. The molecule has 0 saturated heterocycles. The van der Waals surface area contributed by atoms with Gasteiger partial charge in [0, 0.05) is 17.6 Å². The minimum absolute atomic E-state index is 0.104. The number of nitrogens with zero attached hydrogens (tertiary/aromatic N) is 2. The Kier molecular flexibility index (Phi) is 5.11. The van der Waals surface area contributed by atoms with E-state index in [1.54, 1.807) is 0 Å². The van der Waals surface area contributed by atoms with Crippen molar-refractivity contribution in [3.63, 3.8) is 0 Å². The second-order valence-electron chi connectivity index (χ2n) is 7.47. The van der Waals surface area contributed by atoms with Crippen LogP contribution in [0.3, 0.4) is 0 Å². The van der Waals surface area contributed by atoms with Crippen molar-refractivity contribution in [1.82, 2.24) is 14.7 Å². The van der Waals surface area contributed by atoms with Crippen LogP contribution in [0.4, 0.5) is 16.5 Å². The Morgan fingerprint density at radius 3 is 2.59 bits per heavy atom. The number of rotatable bonds is 5. The third kappa shape index (κ3) is 4.74. The molecule has 0 atom stereocenters. The first-order chi connectivity index (χ1) is 12.5. The monoisotopic (exact) mass is 405 g/mol. The Bertz CT molecular complexity index is 1080.